The minimum Gasteiger partial charge on any atom is -0.492 e. The average Bonchev–Trinajstić information content (AvgIpc) is 2.42. The molecule has 0 bridgehead atoms. The Kier molecular flexibility index (Phi) is 5.21. The molecule has 21 heavy (non-hydrogen) atoms. The van der Waals surface area contributed by atoms with Crippen molar-refractivity contribution < 1.29 is 17.9 Å². The normalized spacial score (nSPS) is 16.9. The number of primary sulfonamides is 1. The number of aryl methyl sites for hydroxylation is 2. The van der Waals surface area contributed by atoms with Gasteiger partial charge in [-0.3, -0.25) is 4.90 Å². The summed E-state index contributed by atoms with van der Waals surface area (Å²) in [7, 11) is -3.69. The van der Waals surface area contributed by atoms with Crippen molar-refractivity contribution in [3.63, 3.8) is 0 Å². The Morgan fingerprint density at radius 1 is 1.24 bits per heavy atom. The van der Waals surface area contributed by atoms with Gasteiger partial charge in [0, 0.05) is 19.6 Å². The van der Waals surface area contributed by atoms with E-state index in [1.54, 1.807) is 19.1 Å². The molecule has 0 amide bonds. The van der Waals surface area contributed by atoms with Crippen LogP contribution >= 0.6 is 0 Å². The van der Waals surface area contributed by atoms with E-state index in [1.807, 2.05) is 6.92 Å². The maximum absolute atomic E-state index is 11.5. The van der Waals surface area contributed by atoms with Gasteiger partial charge in [0.25, 0.3) is 0 Å². The Labute approximate surface area is 125 Å². The molecule has 2 rings (SSSR count). The quantitative estimate of drug-likeness (QED) is 0.863. The van der Waals surface area contributed by atoms with E-state index in [0.29, 0.717) is 17.9 Å². The summed E-state index contributed by atoms with van der Waals surface area (Å²) < 4.78 is 34.0. The van der Waals surface area contributed by atoms with E-state index in [0.717, 1.165) is 38.4 Å². The number of hydrogen-bond acceptors (Lipinski definition) is 5. The fourth-order valence-electron chi connectivity index (χ4n) is 2.33. The first-order valence-corrected chi connectivity index (χ1v) is 8.49. The van der Waals surface area contributed by atoms with Gasteiger partial charge < -0.3 is 9.47 Å². The van der Waals surface area contributed by atoms with Gasteiger partial charge in [0.05, 0.1) is 18.1 Å². The fraction of sp³-hybridized carbons (Fsp3) is 0.571. The Morgan fingerprint density at radius 2 is 1.90 bits per heavy atom. The molecule has 1 saturated heterocycles. The van der Waals surface area contributed by atoms with Crippen LogP contribution in [0.2, 0.25) is 0 Å². The number of morpholine rings is 1. The summed E-state index contributed by atoms with van der Waals surface area (Å²) in [5.41, 5.74) is 1.37. The molecule has 1 aromatic rings. The van der Waals surface area contributed by atoms with Gasteiger partial charge >= 0.3 is 0 Å². The number of rotatable bonds is 5. The van der Waals surface area contributed by atoms with Crippen molar-refractivity contribution in [2.75, 3.05) is 39.5 Å². The number of benzene rings is 1. The van der Waals surface area contributed by atoms with Crippen LogP contribution in [0.5, 0.6) is 5.75 Å². The Bertz CT molecular complexity index is 595. The van der Waals surface area contributed by atoms with Gasteiger partial charge in [0.1, 0.15) is 12.4 Å². The zero-order chi connectivity index (χ0) is 15.5. The number of hydrogen-bond donors (Lipinski definition) is 1. The minimum absolute atomic E-state index is 0.153. The lowest BCUT2D eigenvalue weighted by atomic mass is 10.1. The fourth-order valence-corrected chi connectivity index (χ4v) is 3.18. The number of nitrogens with two attached hydrogens (primary N) is 1. The summed E-state index contributed by atoms with van der Waals surface area (Å²) in [6.45, 7) is 8.31. The van der Waals surface area contributed by atoms with Crippen LogP contribution in [0.15, 0.2) is 17.0 Å². The molecule has 1 heterocycles. The third-order valence-corrected chi connectivity index (χ3v) is 4.60. The van der Waals surface area contributed by atoms with Gasteiger partial charge in [-0.1, -0.05) is 0 Å². The van der Waals surface area contributed by atoms with Crippen molar-refractivity contribution in [3.8, 4) is 5.75 Å². The van der Waals surface area contributed by atoms with E-state index in [2.05, 4.69) is 4.90 Å². The summed E-state index contributed by atoms with van der Waals surface area (Å²) in [4.78, 5) is 2.44. The van der Waals surface area contributed by atoms with Gasteiger partial charge in [0.15, 0.2) is 0 Å². The number of nitrogens with zero attached hydrogens (tertiary/aromatic N) is 1. The molecule has 0 unspecified atom stereocenters. The molecule has 0 saturated carbocycles. The Balaban J connectivity index is 1.99. The summed E-state index contributed by atoms with van der Waals surface area (Å²) in [5.74, 6) is 0.702. The molecule has 1 aliphatic heterocycles. The van der Waals surface area contributed by atoms with Gasteiger partial charge in [-0.2, -0.15) is 0 Å². The predicted molar refractivity (Wildman–Crippen MR) is 80.0 cm³/mol. The van der Waals surface area contributed by atoms with Crippen molar-refractivity contribution in [3.05, 3.63) is 23.3 Å². The Morgan fingerprint density at radius 3 is 2.52 bits per heavy atom. The maximum Gasteiger partial charge on any atom is 0.238 e. The number of sulfonamides is 1. The SMILES string of the molecule is Cc1cc(S(N)(=O)=O)c(C)cc1OCCN1CCOCC1. The second-order valence-electron chi connectivity index (χ2n) is 5.23. The van der Waals surface area contributed by atoms with Crippen molar-refractivity contribution in [2.45, 2.75) is 18.7 Å². The third kappa shape index (κ3) is 4.41. The zero-order valence-electron chi connectivity index (χ0n) is 12.5. The summed E-state index contributed by atoms with van der Waals surface area (Å²) in [6.07, 6.45) is 0. The Hall–Kier alpha value is -1.15. The second kappa shape index (κ2) is 6.74. The van der Waals surface area contributed by atoms with Crippen LogP contribution < -0.4 is 9.88 Å². The highest BCUT2D eigenvalue weighted by Crippen LogP contribution is 2.25. The summed E-state index contributed by atoms with van der Waals surface area (Å²) >= 11 is 0. The monoisotopic (exact) mass is 314 g/mol. The van der Waals surface area contributed by atoms with Crippen LogP contribution in [-0.4, -0.2) is 52.8 Å². The molecular formula is C14H22N2O4S. The largest absolute Gasteiger partial charge is 0.492 e. The van der Waals surface area contributed by atoms with E-state index in [-0.39, 0.29) is 4.90 Å². The first kappa shape index (κ1) is 16.2. The van der Waals surface area contributed by atoms with Gasteiger partial charge in [-0.15, -0.1) is 0 Å². The van der Waals surface area contributed by atoms with Crippen molar-refractivity contribution >= 4 is 10.0 Å². The highest BCUT2D eigenvalue weighted by atomic mass is 32.2. The molecule has 0 spiro atoms. The molecule has 1 fully saturated rings. The molecule has 118 valence electrons. The standard InChI is InChI=1S/C14H22N2O4S/c1-11-10-14(21(15,17)18)12(2)9-13(11)20-8-5-16-3-6-19-7-4-16/h9-10H,3-8H2,1-2H3,(H2,15,17,18). The minimum atomic E-state index is -3.69. The van der Waals surface area contributed by atoms with E-state index < -0.39 is 10.0 Å². The van der Waals surface area contributed by atoms with Crippen molar-refractivity contribution in [1.29, 1.82) is 0 Å². The van der Waals surface area contributed by atoms with Crippen molar-refractivity contribution in [2.24, 2.45) is 5.14 Å². The van der Waals surface area contributed by atoms with E-state index in [4.69, 9.17) is 14.6 Å². The summed E-state index contributed by atoms with van der Waals surface area (Å²) in [5, 5.41) is 5.19. The molecule has 0 radical (unpaired) electrons. The van der Waals surface area contributed by atoms with Crippen LogP contribution in [0.1, 0.15) is 11.1 Å². The van der Waals surface area contributed by atoms with E-state index in [1.165, 1.54) is 0 Å². The first-order chi connectivity index (χ1) is 9.88. The lowest BCUT2D eigenvalue weighted by molar-refractivity contribution is 0.0322. The molecular weight excluding hydrogens is 292 g/mol. The van der Waals surface area contributed by atoms with Gasteiger partial charge in [-0.05, 0) is 37.1 Å². The lowest BCUT2D eigenvalue weighted by Gasteiger charge is -2.26. The van der Waals surface area contributed by atoms with Crippen LogP contribution in [0, 0.1) is 13.8 Å². The molecule has 1 aliphatic rings. The number of ether oxygens (including phenoxy) is 2. The smallest absolute Gasteiger partial charge is 0.238 e. The maximum atomic E-state index is 11.5. The van der Waals surface area contributed by atoms with Crippen LogP contribution in [0.3, 0.4) is 0 Å². The molecule has 0 atom stereocenters. The first-order valence-electron chi connectivity index (χ1n) is 6.95. The summed E-state index contributed by atoms with van der Waals surface area (Å²) in [6, 6.07) is 3.29. The van der Waals surface area contributed by atoms with Gasteiger partial charge in [-0.25, -0.2) is 13.6 Å². The molecule has 6 nitrogen and oxygen atoms in total. The predicted octanol–water partition coefficient (Wildman–Crippen LogP) is 0.662. The molecule has 7 heteroatoms. The highest BCUT2D eigenvalue weighted by molar-refractivity contribution is 7.89. The topological polar surface area (TPSA) is 81.9 Å². The molecule has 0 aromatic heterocycles. The lowest BCUT2D eigenvalue weighted by Crippen LogP contribution is -2.38. The zero-order valence-corrected chi connectivity index (χ0v) is 13.3. The second-order valence-corrected chi connectivity index (χ2v) is 6.76. The molecule has 0 aliphatic carbocycles. The van der Waals surface area contributed by atoms with E-state index in [9.17, 15) is 8.42 Å². The van der Waals surface area contributed by atoms with Crippen LogP contribution in [-0.2, 0) is 14.8 Å². The van der Waals surface area contributed by atoms with E-state index >= 15 is 0 Å². The third-order valence-electron chi connectivity index (χ3n) is 3.55. The molecule has 1 aromatic carbocycles. The van der Waals surface area contributed by atoms with Crippen LogP contribution in [0.4, 0.5) is 0 Å². The van der Waals surface area contributed by atoms with Crippen molar-refractivity contribution in [1.82, 2.24) is 4.90 Å². The molecule has 2 N–H and O–H groups in total. The highest BCUT2D eigenvalue weighted by Gasteiger charge is 2.15. The van der Waals surface area contributed by atoms with Gasteiger partial charge in [0.2, 0.25) is 10.0 Å². The van der Waals surface area contributed by atoms with Crippen LogP contribution in [0.25, 0.3) is 0 Å². The average molecular weight is 314 g/mol.